The van der Waals surface area contributed by atoms with Crippen LogP contribution >= 0.6 is 0 Å². The second-order valence-corrected chi connectivity index (χ2v) is 23.0. The smallest absolute Gasteiger partial charge is 0.420 e. The normalized spacial score (nSPS) is 24.5. The molecule has 0 bridgehead atoms. The lowest BCUT2D eigenvalue weighted by molar-refractivity contribution is -0.151. The highest BCUT2D eigenvalue weighted by Crippen LogP contribution is 2.58. The van der Waals surface area contributed by atoms with Crippen LogP contribution < -0.4 is 25.6 Å². The largest absolute Gasteiger partial charge is 0.508 e. The summed E-state index contributed by atoms with van der Waals surface area (Å²) in [7, 11) is 0. The number of amides is 2. The zero-order valence-corrected chi connectivity index (χ0v) is 42.3. The lowest BCUT2D eigenvalue weighted by Crippen LogP contribution is -2.60. The lowest BCUT2D eigenvalue weighted by atomic mass is 9.55. The average Bonchev–Trinajstić information content (AvgIpc) is 4.07. The van der Waals surface area contributed by atoms with Crippen molar-refractivity contribution < 1.29 is 41.8 Å². The third-order valence-corrected chi connectivity index (χ3v) is 17.9. The molecule has 7 aliphatic rings. The lowest BCUT2D eigenvalue weighted by Gasteiger charge is -2.57. The number of fused-ring (bicyclic) bond motifs is 3. The number of nitrogens with one attached hydrogen (secondary N) is 1. The number of halogens is 3. The summed E-state index contributed by atoms with van der Waals surface area (Å²) in [4.78, 5) is 60.5. The van der Waals surface area contributed by atoms with Gasteiger partial charge in [0, 0.05) is 94.1 Å². The SMILES string of the molecule is CCc1c(F)ccc2cc(O)cc(-c3ncc4c(N5CCC[C@]6(CCO6)C5)nc(OCC5(CN6CCC7(CC6)CC(F)(CN6CCN(c8ccc9c(c8)oc(=O)n9C8CCC(=O)NC8=O)CC6)C7)CC5)nc4c3F)c12. The number of likely N-dealkylation sites (tertiary alicyclic amines) is 1. The van der Waals surface area contributed by atoms with E-state index < -0.39 is 35.0 Å². The number of rotatable bonds is 12. The highest BCUT2D eigenvalue weighted by atomic mass is 19.1. The minimum absolute atomic E-state index is 0.00553. The monoisotopic (exact) mass is 1030 g/mol. The van der Waals surface area contributed by atoms with E-state index in [-0.39, 0.29) is 63.7 Å². The van der Waals surface area contributed by atoms with E-state index in [0.29, 0.717) is 117 Å². The van der Waals surface area contributed by atoms with Gasteiger partial charge in [0.25, 0.3) is 0 Å². The van der Waals surface area contributed by atoms with Crippen LogP contribution in [0, 0.1) is 22.5 Å². The first kappa shape index (κ1) is 48.3. The number of piperidine rings is 3. The summed E-state index contributed by atoms with van der Waals surface area (Å²) >= 11 is 0. The van der Waals surface area contributed by atoms with Gasteiger partial charge >= 0.3 is 11.8 Å². The van der Waals surface area contributed by atoms with Crippen LogP contribution in [0.2, 0.25) is 0 Å². The van der Waals surface area contributed by atoms with Crippen molar-refractivity contribution in [2.24, 2.45) is 10.8 Å². The van der Waals surface area contributed by atoms with Gasteiger partial charge in [0.2, 0.25) is 11.8 Å². The quantitative estimate of drug-likeness (QED) is 0.115. The number of phenolic OH excluding ortho intramolecular Hbond substituents is 1. The van der Waals surface area contributed by atoms with Crippen LogP contribution in [-0.2, 0) is 20.7 Å². The van der Waals surface area contributed by atoms with Gasteiger partial charge in [-0.2, -0.15) is 9.97 Å². The first-order valence-electron chi connectivity index (χ1n) is 26.9. The van der Waals surface area contributed by atoms with Gasteiger partial charge in [0.15, 0.2) is 11.4 Å². The molecule has 5 aliphatic heterocycles. The fraction of sp³-hybridized carbons (Fsp3) is 0.536. The van der Waals surface area contributed by atoms with Crippen LogP contribution in [0.3, 0.4) is 0 Å². The molecule has 3 aromatic heterocycles. The number of ether oxygens (including phenoxy) is 2. The number of carbonyl (C=O) groups is 2. The van der Waals surface area contributed by atoms with Crippen molar-refractivity contribution in [3.63, 3.8) is 0 Å². The molecule has 394 valence electrons. The van der Waals surface area contributed by atoms with E-state index in [1.807, 2.05) is 19.1 Å². The van der Waals surface area contributed by atoms with Crippen LogP contribution in [-0.4, -0.2) is 136 Å². The summed E-state index contributed by atoms with van der Waals surface area (Å²) in [6.07, 6.45) is 10.1. The van der Waals surface area contributed by atoms with Crippen molar-refractivity contribution in [3.05, 3.63) is 76.4 Å². The molecule has 1 unspecified atom stereocenters. The molecule has 2 amide bonds. The molecule has 2 spiro atoms. The highest BCUT2D eigenvalue weighted by Gasteiger charge is 2.57. The number of aryl methyl sites for hydroxylation is 1. The average molecular weight is 1030 g/mol. The Labute approximate surface area is 431 Å². The number of anilines is 2. The van der Waals surface area contributed by atoms with Crippen molar-refractivity contribution in [2.75, 3.05) is 88.5 Å². The zero-order chi connectivity index (χ0) is 51.4. The molecule has 2 atom stereocenters. The molecule has 2 saturated carbocycles. The Balaban J connectivity index is 0.645. The summed E-state index contributed by atoms with van der Waals surface area (Å²) < 4.78 is 68.5. The number of piperazine rings is 1. The summed E-state index contributed by atoms with van der Waals surface area (Å²) in [6.45, 7) is 10.1. The highest BCUT2D eigenvalue weighted by molar-refractivity contribution is 6.02. The number of oxazole rings is 1. The number of hydrogen-bond acceptors (Lipinski definition) is 14. The van der Waals surface area contributed by atoms with Gasteiger partial charge in [0.1, 0.15) is 40.3 Å². The molecule has 2 N–H and O–H groups in total. The number of benzene rings is 3. The Morgan fingerprint density at radius 3 is 2.40 bits per heavy atom. The number of alkyl halides is 1. The van der Waals surface area contributed by atoms with Gasteiger partial charge in [-0.1, -0.05) is 13.0 Å². The van der Waals surface area contributed by atoms with Crippen LogP contribution in [0.1, 0.15) is 89.2 Å². The second-order valence-electron chi connectivity index (χ2n) is 23.0. The van der Waals surface area contributed by atoms with E-state index >= 15 is 13.2 Å². The van der Waals surface area contributed by atoms with E-state index in [4.69, 9.17) is 23.9 Å². The van der Waals surface area contributed by atoms with E-state index in [2.05, 4.69) is 29.9 Å². The molecule has 5 saturated heterocycles. The predicted octanol–water partition coefficient (Wildman–Crippen LogP) is 7.60. The number of pyridine rings is 1. The van der Waals surface area contributed by atoms with Gasteiger partial charge in [-0.3, -0.25) is 29.4 Å². The van der Waals surface area contributed by atoms with Crippen molar-refractivity contribution in [1.29, 1.82) is 0 Å². The minimum atomic E-state index is -1.22. The van der Waals surface area contributed by atoms with Gasteiger partial charge in [0.05, 0.1) is 29.7 Å². The van der Waals surface area contributed by atoms with Crippen molar-refractivity contribution >= 4 is 56.1 Å². The number of imide groups is 1. The van der Waals surface area contributed by atoms with Crippen molar-refractivity contribution in [2.45, 2.75) is 101 Å². The molecule has 8 heterocycles. The van der Waals surface area contributed by atoms with Gasteiger partial charge < -0.3 is 33.7 Å². The summed E-state index contributed by atoms with van der Waals surface area (Å²) in [5.74, 6) is -2.14. The third-order valence-electron chi connectivity index (χ3n) is 17.9. The molecule has 3 aromatic carbocycles. The summed E-state index contributed by atoms with van der Waals surface area (Å²) in [5.41, 5.74) is 0.902. The number of carbonyl (C=O) groups excluding carboxylic acids is 2. The molecule has 7 fully saturated rings. The molecule has 2 aliphatic carbocycles. The Kier molecular flexibility index (Phi) is 11.7. The molecule has 13 rings (SSSR count). The number of aromatic nitrogens is 4. The maximum atomic E-state index is 17.3. The molecule has 19 heteroatoms. The topological polar surface area (TPSA) is 172 Å². The molecular formula is C56H62F3N9O7. The number of aromatic hydroxyl groups is 1. The first-order chi connectivity index (χ1) is 36.2. The van der Waals surface area contributed by atoms with Gasteiger partial charge in [-0.25, -0.2) is 18.0 Å². The van der Waals surface area contributed by atoms with Gasteiger partial charge in [-0.05, 0) is 129 Å². The third kappa shape index (κ3) is 8.75. The number of nitrogens with zero attached hydrogens (tertiary/aromatic N) is 8. The fourth-order valence-corrected chi connectivity index (χ4v) is 13.7. The van der Waals surface area contributed by atoms with Crippen LogP contribution in [0.4, 0.5) is 24.7 Å². The van der Waals surface area contributed by atoms with E-state index in [0.717, 1.165) is 70.3 Å². The van der Waals surface area contributed by atoms with E-state index in [9.17, 15) is 19.5 Å². The Morgan fingerprint density at radius 1 is 0.880 bits per heavy atom. The number of hydrogen-bond donors (Lipinski definition) is 2. The molecule has 6 aromatic rings. The van der Waals surface area contributed by atoms with E-state index in [1.165, 1.54) is 16.7 Å². The van der Waals surface area contributed by atoms with Crippen molar-refractivity contribution in [3.8, 4) is 23.0 Å². The minimum Gasteiger partial charge on any atom is -0.508 e. The van der Waals surface area contributed by atoms with Crippen LogP contribution in [0.5, 0.6) is 11.8 Å². The summed E-state index contributed by atoms with van der Waals surface area (Å²) in [5, 5.41) is 14.6. The molecule has 0 radical (unpaired) electrons. The van der Waals surface area contributed by atoms with Gasteiger partial charge in [-0.15, -0.1) is 0 Å². The van der Waals surface area contributed by atoms with Crippen LogP contribution in [0.15, 0.2) is 57.9 Å². The molecule has 16 nitrogen and oxygen atoms in total. The Bertz CT molecular complexity index is 3330. The standard InChI is InChI=1S/C56H62F3N9O7/c1-2-37-40(57)6-4-34-24-36(69)26-38(45(34)37)47-46(58)48-39(27-60-47)49(67-16-3-10-56(32-67)15-23-74-56)63-51(62-48)73-33-54(11-12-54)30-64-17-13-53(14-18-64)28-55(59,29-53)31-65-19-21-66(22-20-65)35-5-7-41-43(25-35)75-52(72)68(41)42-8-9-44(70)61-50(42)71/h4-7,24-27,42,69H,2-3,8-23,28-33H2,1H3,(H,61,70,71)/t42?,56-/m0/s1. The Morgan fingerprint density at radius 2 is 1.67 bits per heavy atom. The fourth-order valence-electron chi connectivity index (χ4n) is 13.7. The second kappa shape index (κ2) is 18.2. The van der Waals surface area contributed by atoms with Crippen LogP contribution in [0.25, 0.3) is 44.0 Å². The first-order valence-corrected chi connectivity index (χ1v) is 26.9. The molecule has 75 heavy (non-hydrogen) atoms. The maximum Gasteiger partial charge on any atom is 0.420 e. The summed E-state index contributed by atoms with van der Waals surface area (Å²) in [6, 6.07) is 10.7. The predicted molar refractivity (Wildman–Crippen MR) is 275 cm³/mol. The number of phenols is 1. The maximum absolute atomic E-state index is 17.3. The Hall–Kier alpha value is -6.31. The van der Waals surface area contributed by atoms with E-state index in [1.54, 1.807) is 24.4 Å². The zero-order valence-electron chi connectivity index (χ0n) is 42.3. The molecular weight excluding hydrogens is 968 g/mol. The van der Waals surface area contributed by atoms with Crippen molar-refractivity contribution in [1.82, 2.24) is 34.6 Å².